The van der Waals surface area contributed by atoms with E-state index in [1.54, 1.807) is 65.6 Å². The molecule has 8 nitrogen and oxygen atoms in total. The number of nitrogens with one attached hydrogen (secondary N) is 2. The first kappa shape index (κ1) is 21.2. The third kappa shape index (κ3) is 4.65. The molecule has 0 saturated heterocycles. The summed E-state index contributed by atoms with van der Waals surface area (Å²) in [5.74, 6) is -0.266. The van der Waals surface area contributed by atoms with Crippen molar-refractivity contribution >= 4 is 34.8 Å². The van der Waals surface area contributed by atoms with Crippen LogP contribution < -0.4 is 10.6 Å². The lowest BCUT2D eigenvalue weighted by Gasteiger charge is -2.11. The van der Waals surface area contributed by atoms with Gasteiger partial charge in [-0.15, -0.1) is 0 Å². The number of halogens is 1. The molecule has 9 heteroatoms. The second kappa shape index (κ2) is 8.99. The van der Waals surface area contributed by atoms with E-state index in [1.165, 1.54) is 0 Å². The summed E-state index contributed by atoms with van der Waals surface area (Å²) in [7, 11) is 0. The van der Waals surface area contributed by atoms with Crippen molar-refractivity contribution < 1.29 is 9.59 Å². The molecule has 32 heavy (non-hydrogen) atoms. The molecule has 0 aliphatic rings. The van der Waals surface area contributed by atoms with Crippen LogP contribution in [0.25, 0.3) is 5.82 Å². The number of hydrogen-bond acceptors (Lipinski definition) is 5. The van der Waals surface area contributed by atoms with Crippen LogP contribution in [0.2, 0.25) is 5.02 Å². The van der Waals surface area contributed by atoms with Gasteiger partial charge in [-0.25, -0.2) is 9.67 Å². The van der Waals surface area contributed by atoms with Crippen molar-refractivity contribution in [3.8, 4) is 5.82 Å². The fraction of sp³-hybridized carbons (Fsp3) is 0.0870. The Morgan fingerprint density at radius 1 is 0.906 bits per heavy atom. The van der Waals surface area contributed by atoms with Crippen molar-refractivity contribution in [1.29, 1.82) is 0 Å². The van der Waals surface area contributed by atoms with Gasteiger partial charge in [0.05, 0.1) is 10.7 Å². The molecule has 0 unspecified atom stereocenters. The van der Waals surface area contributed by atoms with Gasteiger partial charge in [0.2, 0.25) is 0 Å². The van der Waals surface area contributed by atoms with Crippen LogP contribution in [0.1, 0.15) is 32.2 Å². The average molecular weight is 447 g/mol. The second-order valence-electron chi connectivity index (χ2n) is 7.06. The molecule has 3 aromatic heterocycles. The van der Waals surface area contributed by atoms with Crippen LogP contribution in [0.4, 0.5) is 11.4 Å². The van der Waals surface area contributed by atoms with Gasteiger partial charge >= 0.3 is 0 Å². The maximum atomic E-state index is 12.9. The van der Waals surface area contributed by atoms with Crippen LogP contribution in [0.3, 0.4) is 0 Å². The lowest BCUT2D eigenvalue weighted by atomic mass is 10.2. The zero-order valence-corrected chi connectivity index (χ0v) is 18.1. The number of aromatic nitrogens is 4. The topological polar surface area (TPSA) is 102 Å². The first-order valence-electron chi connectivity index (χ1n) is 9.74. The Morgan fingerprint density at radius 2 is 1.59 bits per heavy atom. The highest BCUT2D eigenvalue weighted by Gasteiger charge is 2.16. The summed E-state index contributed by atoms with van der Waals surface area (Å²) in [6.07, 6.45) is 3.09. The number of benzene rings is 1. The summed E-state index contributed by atoms with van der Waals surface area (Å²) in [5, 5.41) is 10.2. The number of aryl methyl sites for hydroxylation is 2. The highest BCUT2D eigenvalue weighted by Crippen LogP contribution is 2.21. The van der Waals surface area contributed by atoms with E-state index in [-0.39, 0.29) is 16.6 Å². The molecule has 3 heterocycles. The number of hydrogen-bond donors (Lipinski definition) is 2. The number of nitrogens with zero attached hydrogens (tertiary/aromatic N) is 4. The normalized spacial score (nSPS) is 10.6. The Balaban J connectivity index is 1.53. The molecular weight excluding hydrogens is 428 g/mol. The predicted molar refractivity (Wildman–Crippen MR) is 122 cm³/mol. The van der Waals surface area contributed by atoms with Gasteiger partial charge < -0.3 is 10.6 Å². The summed E-state index contributed by atoms with van der Waals surface area (Å²) < 4.78 is 1.65. The zero-order valence-electron chi connectivity index (χ0n) is 17.3. The van der Waals surface area contributed by atoms with Gasteiger partial charge in [0, 0.05) is 35.0 Å². The van der Waals surface area contributed by atoms with Crippen LogP contribution in [0, 0.1) is 13.8 Å². The van der Waals surface area contributed by atoms with Gasteiger partial charge in [-0.2, -0.15) is 5.10 Å². The van der Waals surface area contributed by atoms with Crippen LogP contribution >= 0.6 is 11.6 Å². The molecule has 0 saturated carbocycles. The van der Waals surface area contributed by atoms with Crippen molar-refractivity contribution in [3.05, 3.63) is 94.7 Å². The molecule has 0 bridgehead atoms. The minimum Gasteiger partial charge on any atom is -0.322 e. The number of rotatable bonds is 5. The Labute approximate surface area is 189 Å². The molecular formula is C23H19ClN6O2. The highest BCUT2D eigenvalue weighted by atomic mass is 35.5. The average Bonchev–Trinajstić information content (AvgIpc) is 3.12. The SMILES string of the molecule is Cc1cc(C)n(-c2ccc(Cl)c(C(=O)Nc3cccc(NC(=O)c4ccncc4)c3)n2)n1. The summed E-state index contributed by atoms with van der Waals surface area (Å²) >= 11 is 6.24. The molecule has 2 amide bonds. The van der Waals surface area contributed by atoms with Crippen LogP contribution in [0.15, 0.2) is 67.0 Å². The van der Waals surface area contributed by atoms with Gasteiger partial charge in [0.1, 0.15) is 5.69 Å². The lowest BCUT2D eigenvalue weighted by molar-refractivity contribution is 0.101. The molecule has 160 valence electrons. The first-order valence-corrected chi connectivity index (χ1v) is 10.1. The van der Waals surface area contributed by atoms with Crippen molar-refractivity contribution in [3.63, 3.8) is 0 Å². The molecule has 0 radical (unpaired) electrons. The predicted octanol–water partition coefficient (Wildman–Crippen LogP) is 4.44. The number of anilines is 2. The van der Waals surface area contributed by atoms with Crippen molar-refractivity contribution in [2.45, 2.75) is 13.8 Å². The maximum Gasteiger partial charge on any atom is 0.275 e. The third-order valence-electron chi connectivity index (χ3n) is 4.59. The summed E-state index contributed by atoms with van der Waals surface area (Å²) in [4.78, 5) is 33.5. The molecule has 2 N–H and O–H groups in total. The zero-order chi connectivity index (χ0) is 22.7. The number of carbonyl (C=O) groups excluding carboxylic acids is 2. The van der Waals surface area contributed by atoms with E-state index < -0.39 is 5.91 Å². The van der Waals surface area contributed by atoms with E-state index in [9.17, 15) is 9.59 Å². The molecule has 4 rings (SSSR count). The van der Waals surface area contributed by atoms with Crippen molar-refractivity contribution in [2.75, 3.05) is 10.6 Å². The van der Waals surface area contributed by atoms with E-state index in [2.05, 4.69) is 25.7 Å². The van der Waals surface area contributed by atoms with E-state index in [4.69, 9.17) is 11.6 Å². The smallest absolute Gasteiger partial charge is 0.275 e. The Hall–Kier alpha value is -4.04. The second-order valence-corrected chi connectivity index (χ2v) is 7.47. The fourth-order valence-corrected chi connectivity index (χ4v) is 3.33. The lowest BCUT2D eigenvalue weighted by Crippen LogP contribution is -2.16. The molecule has 0 spiro atoms. The number of amides is 2. The van der Waals surface area contributed by atoms with E-state index in [0.717, 1.165) is 11.4 Å². The van der Waals surface area contributed by atoms with Gasteiger partial charge in [0.15, 0.2) is 5.82 Å². The highest BCUT2D eigenvalue weighted by molar-refractivity contribution is 6.34. The van der Waals surface area contributed by atoms with E-state index >= 15 is 0 Å². The maximum absolute atomic E-state index is 12.9. The van der Waals surface area contributed by atoms with Gasteiger partial charge in [0.25, 0.3) is 11.8 Å². The first-order chi connectivity index (χ1) is 15.4. The molecule has 0 aliphatic heterocycles. The minimum absolute atomic E-state index is 0.0722. The summed E-state index contributed by atoms with van der Waals surface area (Å²) in [5.41, 5.74) is 3.29. The molecule has 1 aromatic carbocycles. The van der Waals surface area contributed by atoms with E-state index in [1.807, 2.05) is 19.9 Å². The van der Waals surface area contributed by atoms with Crippen LogP contribution in [-0.4, -0.2) is 31.6 Å². The minimum atomic E-state index is -0.476. The van der Waals surface area contributed by atoms with Gasteiger partial charge in [-0.1, -0.05) is 17.7 Å². The van der Waals surface area contributed by atoms with E-state index in [0.29, 0.717) is 22.8 Å². The summed E-state index contributed by atoms with van der Waals surface area (Å²) in [6.45, 7) is 3.79. The quantitative estimate of drug-likeness (QED) is 0.472. The van der Waals surface area contributed by atoms with Gasteiger partial charge in [-0.05, 0) is 62.4 Å². The molecule has 4 aromatic rings. The molecule has 0 fully saturated rings. The Bertz CT molecular complexity index is 1300. The fourth-order valence-electron chi connectivity index (χ4n) is 3.14. The Morgan fingerprint density at radius 3 is 2.25 bits per heavy atom. The van der Waals surface area contributed by atoms with Crippen molar-refractivity contribution in [2.24, 2.45) is 0 Å². The number of pyridine rings is 2. The molecule has 0 atom stereocenters. The van der Waals surface area contributed by atoms with Gasteiger partial charge in [-0.3, -0.25) is 14.6 Å². The van der Waals surface area contributed by atoms with Crippen LogP contribution in [0.5, 0.6) is 0 Å². The monoisotopic (exact) mass is 446 g/mol. The summed E-state index contributed by atoms with van der Waals surface area (Å²) in [6, 6.07) is 15.3. The molecule has 0 aliphatic carbocycles. The Kier molecular flexibility index (Phi) is 5.96. The largest absolute Gasteiger partial charge is 0.322 e. The number of carbonyl (C=O) groups is 2. The third-order valence-corrected chi connectivity index (χ3v) is 4.90. The van der Waals surface area contributed by atoms with Crippen LogP contribution in [-0.2, 0) is 0 Å². The standard InChI is InChI=1S/C23H19ClN6O2/c1-14-12-15(2)30(29-14)20-7-6-19(24)21(28-20)23(32)27-18-5-3-4-17(13-18)26-22(31)16-8-10-25-11-9-16/h3-13H,1-2H3,(H,26,31)(H,27,32). The van der Waals surface area contributed by atoms with Crippen molar-refractivity contribution in [1.82, 2.24) is 19.7 Å².